The fraction of sp³-hybridized carbons (Fsp3) is 0.100. The normalized spacial score (nSPS) is 10.9. The van der Waals surface area contributed by atoms with Gasteiger partial charge in [-0.1, -0.05) is 24.3 Å². The maximum absolute atomic E-state index is 11.4. The molecule has 0 radical (unpaired) electrons. The van der Waals surface area contributed by atoms with E-state index in [9.17, 15) is 4.79 Å². The molecule has 8 heteroatoms. The van der Waals surface area contributed by atoms with E-state index in [1.165, 1.54) is 6.33 Å². The van der Waals surface area contributed by atoms with Crippen LogP contribution in [-0.4, -0.2) is 32.5 Å². The second-order valence-electron chi connectivity index (χ2n) is 6.24. The number of nitrogens with two attached hydrogens (primary N) is 2. The molecule has 0 bridgehead atoms. The molecule has 0 fully saturated rings. The minimum Gasteiger partial charge on any atom is -0.497 e. The van der Waals surface area contributed by atoms with Crippen LogP contribution >= 0.6 is 0 Å². The highest BCUT2D eigenvalue weighted by Gasteiger charge is 2.17. The highest BCUT2D eigenvalue weighted by Crippen LogP contribution is 2.27. The van der Waals surface area contributed by atoms with Gasteiger partial charge in [0, 0.05) is 11.1 Å². The fourth-order valence-corrected chi connectivity index (χ4v) is 3.02. The lowest BCUT2D eigenvalue weighted by Gasteiger charge is -2.10. The molecule has 4 rings (SSSR count). The molecular formula is C20H18N6O2. The van der Waals surface area contributed by atoms with Crippen LogP contribution < -0.4 is 16.2 Å². The molecule has 0 aliphatic carbocycles. The number of hydrogen-bond donors (Lipinski definition) is 2. The molecule has 0 aliphatic rings. The van der Waals surface area contributed by atoms with Gasteiger partial charge >= 0.3 is 0 Å². The fourth-order valence-electron chi connectivity index (χ4n) is 3.02. The van der Waals surface area contributed by atoms with Crippen LogP contribution in [0.1, 0.15) is 15.9 Å². The molecule has 0 saturated carbocycles. The maximum Gasteiger partial charge on any atom is 0.248 e. The summed E-state index contributed by atoms with van der Waals surface area (Å²) >= 11 is 0. The van der Waals surface area contributed by atoms with Crippen LogP contribution in [0.4, 0.5) is 5.82 Å². The molecular weight excluding hydrogens is 356 g/mol. The Morgan fingerprint density at radius 2 is 1.79 bits per heavy atom. The molecule has 0 unspecified atom stereocenters. The van der Waals surface area contributed by atoms with Crippen molar-refractivity contribution in [3.8, 4) is 17.1 Å². The third-order valence-corrected chi connectivity index (χ3v) is 4.49. The van der Waals surface area contributed by atoms with E-state index >= 15 is 0 Å². The standard InChI is InChI=1S/C20H18N6O2/c1-28-15-8-2-12(3-9-15)10-26-19(14-6-4-13(5-7-14)18(22)27)25-16-17(21)23-11-24-20(16)26/h2-9,11H,10H2,1H3,(H2,22,27)(H2,21,23,24). The summed E-state index contributed by atoms with van der Waals surface area (Å²) in [5.74, 6) is 1.30. The number of nitrogens with zero attached hydrogens (tertiary/aromatic N) is 4. The highest BCUT2D eigenvalue weighted by molar-refractivity contribution is 5.93. The molecule has 0 aliphatic heterocycles. The molecule has 0 spiro atoms. The van der Waals surface area contributed by atoms with Crippen molar-refractivity contribution in [2.24, 2.45) is 5.73 Å². The smallest absolute Gasteiger partial charge is 0.248 e. The van der Waals surface area contributed by atoms with Crippen LogP contribution in [0, 0.1) is 0 Å². The Morgan fingerprint density at radius 3 is 2.43 bits per heavy atom. The van der Waals surface area contributed by atoms with Gasteiger partial charge < -0.3 is 20.8 Å². The first-order valence-electron chi connectivity index (χ1n) is 8.56. The quantitative estimate of drug-likeness (QED) is 0.552. The van der Waals surface area contributed by atoms with Crippen molar-refractivity contribution in [2.75, 3.05) is 12.8 Å². The van der Waals surface area contributed by atoms with E-state index in [2.05, 4.69) is 15.0 Å². The number of carbonyl (C=O) groups excluding carboxylic acids is 1. The Labute approximate surface area is 160 Å². The number of amides is 1. The number of hydrogen-bond acceptors (Lipinski definition) is 6. The molecule has 8 nitrogen and oxygen atoms in total. The average molecular weight is 374 g/mol. The number of fused-ring (bicyclic) bond motifs is 1. The monoisotopic (exact) mass is 374 g/mol. The van der Waals surface area contributed by atoms with Crippen LogP contribution in [0.5, 0.6) is 5.75 Å². The molecule has 1 amide bonds. The maximum atomic E-state index is 11.4. The third kappa shape index (κ3) is 3.11. The highest BCUT2D eigenvalue weighted by atomic mass is 16.5. The molecule has 2 heterocycles. The summed E-state index contributed by atoms with van der Waals surface area (Å²) in [6.07, 6.45) is 1.42. The third-order valence-electron chi connectivity index (χ3n) is 4.49. The van der Waals surface area contributed by atoms with Crippen molar-refractivity contribution in [1.82, 2.24) is 19.5 Å². The molecule has 28 heavy (non-hydrogen) atoms. The van der Waals surface area contributed by atoms with Gasteiger partial charge in [0.05, 0.1) is 13.7 Å². The van der Waals surface area contributed by atoms with Gasteiger partial charge in [-0.05, 0) is 29.8 Å². The topological polar surface area (TPSA) is 122 Å². The number of anilines is 1. The summed E-state index contributed by atoms with van der Waals surface area (Å²) in [6, 6.07) is 14.7. The Bertz CT molecular complexity index is 1150. The van der Waals surface area contributed by atoms with Gasteiger partial charge in [-0.25, -0.2) is 15.0 Å². The number of nitrogen functional groups attached to an aromatic ring is 1. The molecule has 2 aromatic heterocycles. The number of primary amides is 1. The number of carbonyl (C=O) groups is 1. The summed E-state index contributed by atoms with van der Waals surface area (Å²) in [5, 5.41) is 0. The van der Waals surface area contributed by atoms with Crippen LogP contribution in [0.25, 0.3) is 22.6 Å². The summed E-state index contributed by atoms with van der Waals surface area (Å²) in [6.45, 7) is 0.532. The summed E-state index contributed by atoms with van der Waals surface area (Å²) in [7, 11) is 1.63. The summed E-state index contributed by atoms with van der Waals surface area (Å²) < 4.78 is 7.19. The second kappa shape index (κ2) is 6.99. The molecule has 2 aromatic carbocycles. The number of aromatic nitrogens is 4. The van der Waals surface area contributed by atoms with Gasteiger partial charge in [0.2, 0.25) is 5.91 Å². The predicted octanol–water partition coefficient (Wildman–Crippen LogP) is 2.23. The lowest BCUT2D eigenvalue weighted by molar-refractivity contribution is 0.100. The van der Waals surface area contributed by atoms with Crippen molar-refractivity contribution in [3.63, 3.8) is 0 Å². The van der Waals surface area contributed by atoms with Gasteiger partial charge in [-0.2, -0.15) is 0 Å². The van der Waals surface area contributed by atoms with Crippen LogP contribution in [-0.2, 0) is 6.54 Å². The Kier molecular flexibility index (Phi) is 4.36. The van der Waals surface area contributed by atoms with E-state index in [-0.39, 0.29) is 0 Å². The predicted molar refractivity (Wildman–Crippen MR) is 106 cm³/mol. The van der Waals surface area contributed by atoms with E-state index in [0.717, 1.165) is 16.9 Å². The molecule has 4 aromatic rings. The van der Waals surface area contributed by atoms with Crippen LogP contribution in [0.3, 0.4) is 0 Å². The number of rotatable bonds is 5. The van der Waals surface area contributed by atoms with Crippen molar-refractivity contribution in [2.45, 2.75) is 6.54 Å². The summed E-state index contributed by atoms with van der Waals surface area (Å²) in [5.41, 5.74) is 14.8. The lowest BCUT2D eigenvalue weighted by atomic mass is 10.1. The van der Waals surface area contributed by atoms with Gasteiger partial charge in [0.25, 0.3) is 0 Å². The largest absolute Gasteiger partial charge is 0.497 e. The van der Waals surface area contributed by atoms with Gasteiger partial charge in [-0.15, -0.1) is 0 Å². The molecule has 0 atom stereocenters. The number of benzene rings is 2. The Morgan fingerprint density at radius 1 is 1.07 bits per heavy atom. The summed E-state index contributed by atoms with van der Waals surface area (Å²) in [4.78, 5) is 24.4. The van der Waals surface area contributed by atoms with E-state index in [1.807, 2.05) is 28.8 Å². The zero-order valence-electron chi connectivity index (χ0n) is 15.2. The second-order valence-corrected chi connectivity index (χ2v) is 6.24. The minimum atomic E-state index is -0.478. The van der Waals surface area contributed by atoms with E-state index in [1.54, 1.807) is 31.4 Å². The molecule has 4 N–H and O–H groups in total. The van der Waals surface area contributed by atoms with Crippen molar-refractivity contribution < 1.29 is 9.53 Å². The van der Waals surface area contributed by atoms with Crippen molar-refractivity contribution in [3.05, 3.63) is 66.0 Å². The van der Waals surface area contributed by atoms with Gasteiger partial charge in [0.1, 0.15) is 17.9 Å². The first-order chi connectivity index (χ1) is 13.6. The zero-order chi connectivity index (χ0) is 19.7. The zero-order valence-corrected chi connectivity index (χ0v) is 15.2. The number of ether oxygens (including phenoxy) is 1. The molecule has 140 valence electrons. The first-order valence-corrected chi connectivity index (χ1v) is 8.56. The van der Waals surface area contributed by atoms with Gasteiger partial charge in [0.15, 0.2) is 17.0 Å². The van der Waals surface area contributed by atoms with Crippen LogP contribution in [0.15, 0.2) is 54.9 Å². The number of methoxy groups -OCH3 is 1. The van der Waals surface area contributed by atoms with Crippen molar-refractivity contribution >= 4 is 22.9 Å². The first kappa shape index (κ1) is 17.5. The van der Waals surface area contributed by atoms with E-state index < -0.39 is 5.91 Å². The SMILES string of the molecule is COc1ccc(Cn2c(-c3ccc(C(N)=O)cc3)nc3c(N)ncnc32)cc1. The van der Waals surface area contributed by atoms with Crippen molar-refractivity contribution in [1.29, 1.82) is 0 Å². The lowest BCUT2D eigenvalue weighted by Crippen LogP contribution is -2.10. The number of imidazole rings is 1. The Hall–Kier alpha value is -3.94. The minimum absolute atomic E-state index is 0.313. The molecule has 0 saturated heterocycles. The Balaban J connectivity index is 1.83. The average Bonchev–Trinajstić information content (AvgIpc) is 3.08. The van der Waals surface area contributed by atoms with Crippen LogP contribution in [0.2, 0.25) is 0 Å². The van der Waals surface area contributed by atoms with Gasteiger partial charge in [-0.3, -0.25) is 4.79 Å². The van der Waals surface area contributed by atoms with E-state index in [0.29, 0.717) is 34.9 Å². The van der Waals surface area contributed by atoms with E-state index in [4.69, 9.17) is 16.2 Å².